The first-order chi connectivity index (χ1) is 8.57. The smallest absolute Gasteiger partial charge is 0.151 e. The van der Waals surface area contributed by atoms with Crippen LogP contribution in [-0.2, 0) is 9.84 Å². The minimum Gasteiger partial charge on any atom is -0.302 e. The molecule has 0 aromatic heterocycles. The number of likely N-dealkylation sites (tertiary alicyclic amines) is 1. The van der Waals surface area contributed by atoms with E-state index >= 15 is 0 Å². The number of hydrogen-bond acceptors (Lipinski definition) is 4. The van der Waals surface area contributed by atoms with Crippen LogP contribution in [-0.4, -0.2) is 69.0 Å². The fraction of sp³-hybridized carbons (Fsp3) is 1.00. The number of nitrogens with zero attached hydrogens (tertiary/aromatic N) is 2. The van der Waals surface area contributed by atoms with Crippen molar-refractivity contribution in [2.75, 3.05) is 44.7 Å². The van der Waals surface area contributed by atoms with Gasteiger partial charge in [0, 0.05) is 19.1 Å². The standard InChI is InChI=1S/C13H26N2O2S/c1-14(13-6-11-18(16,17)12-13)9-10-15-7-4-2-3-5-8-15/h13H,2-12H2,1H3. The second kappa shape index (κ2) is 6.35. The van der Waals surface area contributed by atoms with Crippen molar-refractivity contribution in [1.29, 1.82) is 0 Å². The lowest BCUT2D eigenvalue weighted by atomic mass is 10.2. The topological polar surface area (TPSA) is 40.6 Å². The Labute approximate surface area is 111 Å². The summed E-state index contributed by atoms with van der Waals surface area (Å²) in [6.07, 6.45) is 6.20. The van der Waals surface area contributed by atoms with Gasteiger partial charge in [0.2, 0.25) is 0 Å². The molecule has 1 unspecified atom stereocenters. The highest BCUT2D eigenvalue weighted by Crippen LogP contribution is 2.16. The first kappa shape index (κ1) is 14.3. The molecular weight excluding hydrogens is 248 g/mol. The molecule has 0 N–H and O–H groups in total. The van der Waals surface area contributed by atoms with Gasteiger partial charge in [0.15, 0.2) is 9.84 Å². The molecule has 2 rings (SSSR count). The summed E-state index contributed by atoms with van der Waals surface area (Å²) in [6.45, 7) is 4.53. The zero-order chi connectivity index (χ0) is 13.0. The lowest BCUT2D eigenvalue weighted by Crippen LogP contribution is -2.39. The summed E-state index contributed by atoms with van der Waals surface area (Å²) in [4.78, 5) is 4.78. The molecule has 0 bridgehead atoms. The first-order valence-corrected chi connectivity index (χ1v) is 9.02. The average Bonchev–Trinajstić information content (AvgIpc) is 2.55. The van der Waals surface area contributed by atoms with E-state index in [1.54, 1.807) is 0 Å². The van der Waals surface area contributed by atoms with Crippen LogP contribution in [0.1, 0.15) is 32.1 Å². The van der Waals surface area contributed by atoms with E-state index in [9.17, 15) is 8.42 Å². The molecule has 2 aliphatic heterocycles. The largest absolute Gasteiger partial charge is 0.302 e. The summed E-state index contributed by atoms with van der Waals surface area (Å²) in [5.41, 5.74) is 0. The molecule has 0 saturated carbocycles. The quantitative estimate of drug-likeness (QED) is 0.766. The van der Waals surface area contributed by atoms with Gasteiger partial charge in [-0.15, -0.1) is 0 Å². The molecule has 2 heterocycles. The minimum atomic E-state index is -2.74. The maximum atomic E-state index is 11.5. The van der Waals surface area contributed by atoms with E-state index in [0.717, 1.165) is 19.5 Å². The molecule has 0 amide bonds. The van der Waals surface area contributed by atoms with Crippen LogP contribution in [0.3, 0.4) is 0 Å². The maximum absolute atomic E-state index is 11.5. The van der Waals surface area contributed by atoms with Crippen LogP contribution in [0.4, 0.5) is 0 Å². The zero-order valence-corrected chi connectivity index (χ0v) is 12.3. The van der Waals surface area contributed by atoms with Gasteiger partial charge in [-0.1, -0.05) is 12.8 Å². The van der Waals surface area contributed by atoms with E-state index in [4.69, 9.17) is 0 Å². The fourth-order valence-electron chi connectivity index (χ4n) is 2.96. The monoisotopic (exact) mass is 274 g/mol. The molecule has 4 nitrogen and oxygen atoms in total. The maximum Gasteiger partial charge on any atom is 0.151 e. The van der Waals surface area contributed by atoms with E-state index in [1.807, 2.05) is 0 Å². The molecule has 5 heteroatoms. The van der Waals surface area contributed by atoms with Gasteiger partial charge in [-0.2, -0.15) is 0 Å². The van der Waals surface area contributed by atoms with Crippen molar-refractivity contribution in [2.24, 2.45) is 0 Å². The summed E-state index contributed by atoms with van der Waals surface area (Å²) in [5, 5.41) is 0. The minimum absolute atomic E-state index is 0.252. The molecule has 0 aliphatic carbocycles. The third-order valence-electron chi connectivity index (χ3n) is 4.30. The van der Waals surface area contributed by atoms with Gasteiger partial charge in [-0.25, -0.2) is 8.42 Å². The second-order valence-corrected chi connectivity index (χ2v) is 8.02. The summed E-state index contributed by atoms with van der Waals surface area (Å²) >= 11 is 0. The highest BCUT2D eigenvalue weighted by Gasteiger charge is 2.30. The van der Waals surface area contributed by atoms with Crippen LogP contribution in [0.2, 0.25) is 0 Å². The third-order valence-corrected chi connectivity index (χ3v) is 6.05. The van der Waals surface area contributed by atoms with Gasteiger partial charge in [0.25, 0.3) is 0 Å². The summed E-state index contributed by atoms with van der Waals surface area (Å²) in [7, 11) is -0.672. The van der Waals surface area contributed by atoms with Crippen LogP contribution >= 0.6 is 0 Å². The van der Waals surface area contributed by atoms with E-state index in [0.29, 0.717) is 11.5 Å². The van der Waals surface area contributed by atoms with Gasteiger partial charge in [-0.05, 0) is 39.4 Å². The van der Waals surface area contributed by atoms with Gasteiger partial charge in [0.1, 0.15) is 0 Å². The van der Waals surface area contributed by atoms with Crippen LogP contribution in [0.5, 0.6) is 0 Å². The van der Waals surface area contributed by atoms with Crippen LogP contribution in [0.25, 0.3) is 0 Å². The lowest BCUT2D eigenvalue weighted by molar-refractivity contribution is 0.201. The van der Waals surface area contributed by atoms with E-state index in [-0.39, 0.29) is 6.04 Å². The molecule has 0 aromatic carbocycles. The number of hydrogen-bond donors (Lipinski definition) is 0. The lowest BCUT2D eigenvalue weighted by Gasteiger charge is -2.27. The van der Waals surface area contributed by atoms with Crippen molar-refractivity contribution in [2.45, 2.75) is 38.1 Å². The molecule has 2 saturated heterocycles. The Morgan fingerprint density at radius 3 is 2.39 bits per heavy atom. The van der Waals surface area contributed by atoms with Crippen molar-refractivity contribution in [3.8, 4) is 0 Å². The van der Waals surface area contributed by atoms with E-state index in [2.05, 4.69) is 16.8 Å². The van der Waals surface area contributed by atoms with Gasteiger partial charge in [-0.3, -0.25) is 0 Å². The SMILES string of the molecule is CN(CCN1CCCCCC1)C1CCS(=O)(=O)C1. The number of likely N-dealkylation sites (N-methyl/N-ethyl adjacent to an activating group) is 1. The van der Waals surface area contributed by atoms with Crippen molar-refractivity contribution in [3.63, 3.8) is 0 Å². The summed E-state index contributed by atoms with van der Waals surface area (Å²) in [5.74, 6) is 0.745. The highest BCUT2D eigenvalue weighted by molar-refractivity contribution is 7.91. The predicted octanol–water partition coefficient (Wildman–Crippen LogP) is 0.981. The van der Waals surface area contributed by atoms with Crippen LogP contribution in [0.15, 0.2) is 0 Å². The van der Waals surface area contributed by atoms with Crippen molar-refractivity contribution in [3.05, 3.63) is 0 Å². The molecule has 106 valence electrons. The van der Waals surface area contributed by atoms with Crippen LogP contribution < -0.4 is 0 Å². The Kier molecular flexibility index (Phi) is 5.04. The molecule has 1 atom stereocenters. The fourth-order valence-corrected chi connectivity index (χ4v) is 4.77. The molecule has 2 fully saturated rings. The molecule has 18 heavy (non-hydrogen) atoms. The van der Waals surface area contributed by atoms with Crippen LogP contribution in [0, 0.1) is 0 Å². The van der Waals surface area contributed by atoms with Gasteiger partial charge < -0.3 is 9.80 Å². The Morgan fingerprint density at radius 2 is 1.83 bits per heavy atom. The Bertz CT molecular complexity index is 348. The average molecular weight is 274 g/mol. The third kappa shape index (κ3) is 4.21. The second-order valence-electron chi connectivity index (χ2n) is 5.79. The number of sulfone groups is 1. The normalized spacial score (nSPS) is 29.6. The Balaban J connectivity index is 1.72. The van der Waals surface area contributed by atoms with Crippen molar-refractivity contribution in [1.82, 2.24) is 9.80 Å². The molecule has 0 radical (unpaired) electrons. The molecule has 2 aliphatic rings. The van der Waals surface area contributed by atoms with Crippen molar-refractivity contribution >= 4 is 9.84 Å². The van der Waals surface area contributed by atoms with Gasteiger partial charge >= 0.3 is 0 Å². The Morgan fingerprint density at radius 1 is 1.17 bits per heavy atom. The van der Waals surface area contributed by atoms with E-state index < -0.39 is 9.84 Å². The summed E-state index contributed by atoms with van der Waals surface area (Å²) in [6, 6.07) is 0.252. The molecule has 0 spiro atoms. The highest BCUT2D eigenvalue weighted by atomic mass is 32.2. The molecule has 0 aromatic rings. The Hall–Kier alpha value is -0.130. The van der Waals surface area contributed by atoms with Crippen molar-refractivity contribution < 1.29 is 8.42 Å². The van der Waals surface area contributed by atoms with E-state index in [1.165, 1.54) is 38.8 Å². The first-order valence-electron chi connectivity index (χ1n) is 7.20. The zero-order valence-electron chi connectivity index (χ0n) is 11.5. The van der Waals surface area contributed by atoms with Gasteiger partial charge in [0.05, 0.1) is 11.5 Å². The predicted molar refractivity (Wildman–Crippen MR) is 74.6 cm³/mol. The number of rotatable bonds is 4. The molecular formula is C13H26N2O2S. The summed E-state index contributed by atoms with van der Waals surface area (Å²) < 4.78 is 22.9.